The lowest BCUT2D eigenvalue weighted by Gasteiger charge is -2.34. The van der Waals surface area contributed by atoms with Crippen molar-refractivity contribution in [1.82, 2.24) is 5.32 Å². The van der Waals surface area contributed by atoms with Crippen molar-refractivity contribution in [2.24, 2.45) is 5.92 Å². The number of benzene rings is 1. The Kier molecular flexibility index (Phi) is 3.97. The maximum atomic E-state index is 12.2. The second-order valence-electron chi connectivity index (χ2n) is 5.83. The normalized spacial score (nSPS) is 27.6. The van der Waals surface area contributed by atoms with Crippen molar-refractivity contribution >= 4 is 5.91 Å². The summed E-state index contributed by atoms with van der Waals surface area (Å²) in [6, 6.07) is 7.49. The van der Waals surface area contributed by atoms with Gasteiger partial charge in [-0.1, -0.05) is 30.4 Å². The molecule has 0 unspecified atom stereocenters. The average molecular weight is 287 g/mol. The molecule has 1 aliphatic heterocycles. The van der Waals surface area contributed by atoms with E-state index in [0.29, 0.717) is 18.8 Å². The molecule has 2 N–H and O–H groups in total. The number of nitrogens with one attached hydrogen (secondary N) is 1. The first-order valence-corrected chi connectivity index (χ1v) is 7.56. The molecule has 3 rings (SSSR count). The number of carbonyl (C=O) groups excluding carboxylic acids is 1. The Balaban J connectivity index is 1.67. The quantitative estimate of drug-likeness (QED) is 0.837. The first-order valence-electron chi connectivity index (χ1n) is 7.56. The zero-order chi connectivity index (χ0) is 14.7. The summed E-state index contributed by atoms with van der Waals surface area (Å²) in [5, 5.41) is 13.8. The van der Waals surface area contributed by atoms with E-state index in [0.717, 1.165) is 24.8 Å². The number of hydrogen-bond donors (Lipinski definition) is 2. The van der Waals surface area contributed by atoms with Gasteiger partial charge in [-0.25, -0.2) is 0 Å². The molecule has 1 aromatic rings. The molecule has 2 aliphatic rings. The fourth-order valence-corrected chi connectivity index (χ4v) is 3.03. The lowest BCUT2D eigenvalue weighted by Crippen LogP contribution is -2.45. The number of carbonyl (C=O) groups is 1. The summed E-state index contributed by atoms with van der Waals surface area (Å²) < 4.78 is 5.56. The standard InChI is InChI=1S/C17H21NO3/c19-16(13-6-2-1-3-7-13)18-12-17(20)10-11-21-15-9-5-4-8-14(15)17/h1-2,4-5,8-9,13,20H,3,6-7,10-12H2,(H,18,19)/t13-,17+/m1/s1. The largest absolute Gasteiger partial charge is 0.493 e. The van der Waals surface area contributed by atoms with Crippen molar-refractivity contribution < 1.29 is 14.6 Å². The molecule has 0 bridgehead atoms. The summed E-state index contributed by atoms with van der Waals surface area (Å²) in [6.07, 6.45) is 7.32. The Labute approximate surface area is 124 Å². The van der Waals surface area contributed by atoms with E-state index in [-0.39, 0.29) is 18.4 Å². The van der Waals surface area contributed by atoms with Crippen molar-refractivity contribution in [2.75, 3.05) is 13.2 Å². The number of allylic oxidation sites excluding steroid dienone is 2. The molecule has 0 saturated carbocycles. The first-order chi connectivity index (χ1) is 10.2. The predicted octanol–water partition coefficient (Wildman–Crippen LogP) is 2.13. The third-order valence-corrected chi connectivity index (χ3v) is 4.36. The highest BCUT2D eigenvalue weighted by atomic mass is 16.5. The number of ether oxygens (including phenoxy) is 1. The van der Waals surface area contributed by atoms with Gasteiger partial charge in [-0.2, -0.15) is 0 Å². The molecule has 0 radical (unpaired) electrons. The van der Waals surface area contributed by atoms with Gasteiger partial charge in [0.15, 0.2) is 0 Å². The molecule has 1 aliphatic carbocycles. The minimum Gasteiger partial charge on any atom is -0.493 e. The first kappa shape index (κ1) is 14.1. The maximum absolute atomic E-state index is 12.2. The number of rotatable bonds is 3. The Hall–Kier alpha value is -1.81. The highest BCUT2D eigenvalue weighted by molar-refractivity contribution is 5.79. The summed E-state index contributed by atoms with van der Waals surface area (Å²) in [5.41, 5.74) is -0.269. The van der Waals surface area contributed by atoms with Crippen LogP contribution in [0.15, 0.2) is 36.4 Å². The lowest BCUT2D eigenvalue weighted by atomic mass is 9.87. The average Bonchev–Trinajstić information content (AvgIpc) is 2.54. The fourth-order valence-electron chi connectivity index (χ4n) is 3.03. The van der Waals surface area contributed by atoms with E-state index in [1.54, 1.807) is 0 Å². The van der Waals surface area contributed by atoms with Crippen LogP contribution in [-0.2, 0) is 10.4 Å². The zero-order valence-corrected chi connectivity index (χ0v) is 12.0. The second-order valence-corrected chi connectivity index (χ2v) is 5.83. The van der Waals surface area contributed by atoms with Crippen molar-refractivity contribution in [2.45, 2.75) is 31.3 Å². The molecule has 4 nitrogen and oxygen atoms in total. The Morgan fingerprint density at radius 3 is 3.05 bits per heavy atom. The number of fused-ring (bicyclic) bond motifs is 1. The van der Waals surface area contributed by atoms with Gasteiger partial charge in [0, 0.05) is 17.9 Å². The van der Waals surface area contributed by atoms with Crippen molar-refractivity contribution in [3.05, 3.63) is 42.0 Å². The van der Waals surface area contributed by atoms with Crippen LogP contribution in [0.5, 0.6) is 5.75 Å². The van der Waals surface area contributed by atoms with E-state index >= 15 is 0 Å². The molecule has 112 valence electrons. The fraction of sp³-hybridized carbons (Fsp3) is 0.471. The van der Waals surface area contributed by atoms with Crippen LogP contribution >= 0.6 is 0 Å². The van der Waals surface area contributed by atoms with Crippen LogP contribution < -0.4 is 10.1 Å². The zero-order valence-electron chi connectivity index (χ0n) is 12.0. The van der Waals surface area contributed by atoms with Crippen LogP contribution in [0.2, 0.25) is 0 Å². The van der Waals surface area contributed by atoms with Gasteiger partial charge in [0.05, 0.1) is 13.2 Å². The van der Waals surface area contributed by atoms with Crippen LogP contribution in [-0.4, -0.2) is 24.2 Å². The van der Waals surface area contributed by atoms with Crippen molar-refractivity contribution in [1.29, 1.82) is 0 Å². The number of aliphatic hydroxyl groups is 1. The van der Waals surface area contributed by atoms with Gasteiger partial charge in [-0.3, -0.25) is 4.79 Å². The Bertz CT molecular complexity index is 555. The highest BCUT2D eigenvalue weighted by Gasteiger charge is 2.36. The number of amides is 1. The number of para-hydroxylation sites is 1. The smallest absolute Gasteiger partial charge is 0.223 e. The topological polar surface area (TPSA) is 58.6 Å². The predicted molar refractivity (Wildman–Crippen MR) is 79.9 cm³/mol. The van der Waals surface area contributed by atoms with E-state index in [2.05, 4.69) is 17.5 Å². The van der Waals surface area contributed by atoms with Crippen LogP contribution in [0.4, 0.5) is 0 Å². The maximum Gasteiger partial charge on any atom is 0.223 e. The van der Waals surface area contributed by atoms with Gasteiger partial charge in [0.25, 0.3) is 0 Å². The lowest BCUT2D eigenvalue weighted by molar-refractivity contribution is -0.127. The van der Waals surface area contributed by atoms with Gasteiger partial charge in [0.2, 0.25) is 5.91 Å². The van der Waals surface area contributed by atoms with E-state index in [1.165, 1.54) is 0 Å². The molecular formula is C17H21NO3. The van der Waals surface area contributed by atoms with E-state index in [9.17, 15) is 9.90 Å². The third kappa shape index (κ3) is 2.95. The molecular weight excluding hydrogens is 266 g/mol. The van der Waals surface area contributed by atoms with E-state index in [4.69, 9.17) is 4.74 Å². The van der Waals surface area contributed by atoms with Crippen LogP contribution in [0, 0.1) is 5.92 Å². The molecule has 0 aromatic heterocycles. The van der Waals surface area contributed by atoms with Gasteiger partial charge >= 0.3 is 0 Å². The summed E-state index contributed by atoms with van der Waals surface area (Å²) in [4.78, 5) is 12.2. The van der Waals surface area contributed by atoms with Gasteiger partial charge < -0.3 is 15.2 Å². The van der Waals surface area contributed by atoms with Crippen LogP contribution in [0.3, 0.4) is 0 Å². The molecule has 4 heteroatoms. The van der Waals surface area contributed by atoms with Crippen LogP contribution in [0.25, 0.3) is 0 Å². The molecule has 21 heavy (non-hydrogen) atoms. The third-order valence-electron chi connectivity index (χ3n) is 4.36. The summed E-state index contributed by atoms with van der Waals surface area (Å²) in [6.45, 7) is 0.710. The molecule has 0 saturated heterocycles. The summed E-state index contributed by atoms with van der Waals surface area (Å²) in [7, 11) is 0. The highest BCUT2D eigenvalue weighted by Crippen LogP contribution is 2.36. The van der Waals surface area contributed by atoms with Gasteiger partial charge in [-0.15, -0.1) is 0 Å². The minimum absolute atomic E-state index is 0.0358. The molecule has 0 fully saturated rings. The second kappa shape index (κ2) is 5.90. The number of hydrogen-bond acceptors (Lipinski definition) is 3. The summed E-state index contributed by atoms with van der Waals surface area (Å²) in [5.74, 6) is 0.784. The van der Waals surface area contributed by atoms with Crippen molar-refractivity contribution in [3.63, 3.8) is 0 Å². The molecule has 2 atom stereocenters. The minimum atomic E-state index is -1.03. The van der Waals surface area contributed by atoms with Gasteiger partial charge in [-0.05, 0) is 25.3 Å². The SMILES string of the molecule is O=C(NC[C@@]1(O)CCOc2ccccc21)[C@@H]1CC=CCC1. The Morgan fingerprint density at radius 1 is 1.38 bits per heavy atom. The molecule has 1 amide bonds. The van der Waals surface area contributed by atoms with Gasteiger partial charge in [0.1, 0.15) is 11.4 Å². The molecule has 1 aromatic carbocycles. The molecule has 1 heterocycles. The van der Waals surface area contributed by atoms with E-state index < -0.39 is 5.60 Å². The van der Waals surface area contributed by atoms with E-state index in [1.807, 2.05) is 24.3 Å². The van der Waals surface area contributed by atoms with Crippen LogP contribution in [0.1, 0.15) is 31.2 Å². The van der Waals surface area contributed by atoms with Crippen molar-refractivity contribution in [3.8, 4) is 5.75 Å². The summed E-state index contributed by atoms with van der Waals surface area (Å²) >= 11 is 0. The molecule has 0 spiro atoms. The monoisotopic (exact) mass is 287 g/mol. The Morgan fingerprint density at radius 2 is 2.24 bits per heavy atom.